The van der Waals surface area contributed by atoms with Crippen molar-refractivity contribution in [2.75, 3.05) is 15.9 Å². The summed E-state index contributed by atoms with van der Waals surface area (Å²) in [5, 5.41) is 3.17. The molecule has 0 aliphatic rings. The molecule has 28 heavy (non-hydrogen) atoms. The van der Waals surface area contributed by atoms with E-state index in [1.54, 1.807) is 49.4 Å². The van der Waals surface area contributed by atoms with Crippen LogP contribution in [-0.2, 0) is 14.8 Å². The van der Waals surface area contributed by atoms with Crippen molar-refractivity contribution in [2.45, 2.75) is 39.3 Å². The number of rotatable bonds is 8. The minimum atomic E-state index is -3.71. The smallest absolute Gasteiger partial charge is 0.248 e. The van der Waals surface area contributed by atoms with Crippen molar-refractivity contribution in [3.8, 4) is 5.75 Å². The monoisotopic (exact) mass is 424 g/mol. The molecule has 2 aromatic rings. The summed E-state index contributed by atoms with van der Waals surface area (Å²) >= 11 is 6.01. The molecular formula is C20H25ClN2O4S. The Labute approximate surface area is 171 Å². The van der Waals surface area contributed by atoms with Crippen LogP contribution in [-0.4, -0.2) is 32.7 Å². The Kier molecular flexibility index (Phi) is 7.32. The van der Waals surface area contributed by atoms with Crippen LogP contribution in [0.15, 0.2) is 48.5 Å². The summed E-state index contributed by atoms with van der Waals surface area (Å²) in [4.78, 5) is 12.9. The first kappa shape index (κ1) is 22.0. The molecular weight excluding hydrogens is 400 g/mol. The Morgan fingerprint density at radius 3 is 2.32 bits per heavy atom. The summed E-state index contributed by atoms with van der Waals surface area (Å²) in [6.45, 7) is 5.61. The fourth-order valence-corrected chi connectivity index (χ4v) is 4.18. The van der Waals surface area contributed by atoms with E-state index in [1.165, 1.54) is 6.07 Å². The molecule has 0 aliphatic carbocycles. The molecule has 0 fully saturated rings. The lowest BCUT2D eigenvalue weighted by molar-refractivity contribution is -0.117. The van der Waals surface area contributed by atoms with Gasteiger partial charge in [0.15, 0.2) is 0 Å². The summed E-state index contributed by atoms with van der Waals surface area (Å²) in [6, 6.07) is 12.4. The number of hydrogen-bond donors (Lipinski definition) is 1. The summed E-state index contributed by atoms with van der Waals surface area (Å²) in [5.41, 5.74) is 0.900. The molecule has 0 spiro atoms. The number of carbonyl (C=O) groups is 1. The van der Waals surface area contributed by atoms with Gasteiger partial charge in [0.25, 0.3) is 0 Å². The van der Waals surface area contributed by atoms with E-state index < -0.39 is 22.0 Å². The number of nitrogens with zero attached hydrogens (tertiary/aromatic N) is 1. The van der Waals surface area contributed by atoms with Crippen LogP contribution >= 0.6 is 11.6 Å². The predicted octanol–water partition coefficient (Wildman–Crippen LogP) is 4.31. The van der Waals surface area contributed by atoms with E-state index in [-0.39, 0.29) is 6.10 Å². The second-order valence-corrected chi connectivity index (χ2v) is 8.94. The van der Waals surface area contributed by atoms with E-state index in [0.29, 0.717) is 28.6 Å². The molecule has 0 aliphatic heterocycles. The molecule has 0 saturated heterocycles. The molecule has 0 radical (unpaired) electrons. The van der Waals surface area contributed by atoms with Crippen LogP contribution in [0.1, 0.15) is 27.2 Å². The van der Waals surface area contributed by atoms with E-state index >= 15 is 0 Å². The number of benzene rings is 2. The minimum Gasteiger partial charge on any atom is -0.491 e. The number of sulfonamides is 1. The number of amides is 1. The Bertz CT molecular complexity index is 914. The van der Waals surface area contributed by atoms with E-state index in [1.807, 2.05) is 13.8 Å². The first-order valence-corrected chi connectivity index (χ1v) is 11.2. The molecule has 0 unspecified atom stereocenters. The second-order valence-electron chi connectivity index (χ2n) is 6.64. The number of hydrogen-bond acceptors (Lipinski definition) is 4. The fraction of sp³-hybridized carbons (Fsp3) is 0.350. The molecule has 0 aromatic heterocycles. The van der Waals surface area contributed by atoms with Crippen LogP contribution < -0.4 is 14.4 Å². The lowest BCUT2D eigenvalue weighted by atomic mass is 10.1. The zero-order valence-corrected chi connectivity index (χ0v) is 17.9. The van der Waals surface area contributed by atoms with Gasteiger partial charge in [0.1, 0.15) is 11.8 Å². The van der Waals surface area contributed by atoms with Crippen LogP contribution in [0.25, 0.3) is 0 Å². The van der Waals surface area contributed by atoms with Gasteiger partial charge in [0, 0.05) is 10.7 Å². The number of carbonyl (C=O) groups excluding carboxylic acids is 1. The summed E-state index contributed by atoms with van der Waals surface area (Å²) < 4.78 is 31.6. The highest BCUT2D eigenvalue weighted by molar-refractivity contribution is 7.92. The molecule has 6 nitrogen and oxygen atoms in total. The second kappa shape index (κ2) is 9.30. The average Bonchev–Trinajstić information content (AvgIpc) is 2.59. The SMILES string of the molecule is CC[C@@H](C(=O)Nc1ccc(OC(C)C)cc1)N(c1cccc(Cl)c1)S(C)(=O)=O. The van der Waals surface area contributed by atoms with Crippen molar-refractivity contribution < 1.29 is 17.9 Å². The molecule has 152 valence electrons. The molecule has 1 amide bonds. The predicted molar refractivity (Wildman–Crippen MR) is 114 cm³/mol. The van der Waals surface area contributed by atoms with Crippen LogP contribution in [0.3, 0.4) is 0 Å². The quantitative estimate of drug-likeness (QED) is 0.685. The average molecular weight is 425 g/mol. The number of nitrogens with one attached hydrogen (secondary N) is 1. The Morgan fingerprint density at radius 1 is 1.18 bits per heavy atom. The van der Waals surface area contributed by atoms with E-state index in [0.717, 1.165) is 10.6 Å². The molecule has 1 N–H and O–H groups in total. The first-order chi connectivity index (χ1) is 13.1. The molecule has 8 heteroatoms. The van der Waals surface area contributed by atoms with Crippen molar-refractivity contribution in [2.24, 2.45) is 0 Å². The van der Waals surface area contributed by atoms with Gasteiger partial charge in [-0.15, -0.1) is 0 Å². The first-order valence-electron chi connectivity index (χ1n) is 8.94. The van der Waals surface area contributed by atoms with Gasteiger partial charge in [-0.3, -0.25) is 9.10 Å². The summed E-state index contributed by atoms with van der Waals surface area (Å²) in [6.07, 6.45) is 1.41. The lowest BCUT2D eigenvalue weighted by Gasteiger charge is -2.30. The number of anilines is 2. The highest BCUT2D eigenvalue weighted by Crippen LogP contribution is 2.26. The van der Waals surface area contributed by atoms with Crippen LogP contribution in [0, 0.1) is 0 Å². The van der Waals surface area contributed by atoms with Gasteiger partial charge in [-0.1, -0.05) is 24.6 Å². The maximum Gasteiger partial charge on any atom is 0.248 e. The fourth-order valence-electron chi connectivity index (χ4n) is 2.79. The van der Waals surface area contributed by atoms with Crippen LogP contribution in [0.5, 0.6) is 5.75 Å². The third-order valence-corrected chi connectivity index (χ3v) is 5.30. The third-order valence-electron chi connectivity index (χ3n) is 3.89. The number of halogens is 1. The molecule has 0 bridgehead atoms. The van der Waals surface area contributed by atoms with Gasteiger partial charge in [-0.05, 0) is 62.7 Å². The van der Waals surface area contributed by atoms with Gasteiger partial charge in [-0.2, -0.15) is 0 Å². The highest BCUT2D eigenvalue weighted by atomic mass is 35.5. The maximum absolute atomic E-state index is 12.9. The molecule has 0 heterocycles. The standard InChI is InChI=1S/C20H25ClN2O4S/c1-5-19(23(28(4,25)26)17-8-6-7-15(21)13-17)20(24)22-16-9-11-18(12-10-16)27-14(2)3/h6-14,19H,5H2,1-4H3,(H,22,24)/t19-/m0/s1. The van der Waals surface area contributed by atoms with Gasteiger partial charge in [-0.25, -0.2) is 8.42 Å². The molecule has 1 atom stereocenters. The number of ether oxygens (including phenoxy) is 1. The van der Waals surface area contributed by atoms with E-state index in [4.69, 9.17) is 16.3 Å². The highest BCUT2D eigenvalue weighted by Gasteiger charge is 2.31. The van der Waals surface area contributed by atoms with E-state index in [2.05, 4.69) is 5.32 Å². The van der Waals surface area contributed by atoms with Crippen molar-refractivity contribution in [3.05, 3.63) is 53.6 Å². The van der Waals surface area contributed by atoms with Crippen molar-refractivity contribution in [3.63, 3.8) is 0 Å². The van der Waals surface area contributed by atoms with Crippen LogP contribution in [0.4, 0.5) is 11.4 Å². The lowest BCUT2D eigenvalue weighted by Crippen LogP contribution is -2.47. The third kappa shape index (κ3) is 5.87. The zero-order valence-electron chi connectivity index (χ0n) is 16.3. The maximum atomic E-state index is 12.9. The molecule has 0 saturated carbocycles. The zero-order chi connectivity index (χ0) is 20.9. The van der Waals surface area contributed by atoms with Crippen molar-refractivity contribution in [1.29, 1.82) is 0 Å². The molecule has 2 rings (SSSR count). The van der Waals surface area contributed by atoms with Gasteiger partial charge in [0.05, 0.1) is 18.0 Å². The van der Waals surface area contributed by atoms with Gasteiger partial charge >= 0.3 is 0 Å². The van der Waals surface area contributed by atoms with Crippen molar-refractivity contribution >= 4 is 38.9 Å². The summed E-state index contributed by atoms with van der Waals surface area (Å²) in [5.74, 6) is 0.266. The normalized spacial score (nSPS) is 12.5. The topological polar surface area (TPSA) is 75.7 Å². The minimum absolute atomic E-state index is 0.0472. The van der Waals surface area contributed by atoms with Crippen molar-refractivity contribution in [1.82, 2.24) is 0 Å². The van der Waals surface area contributed by atoms with Gasteiger partial charge < -0.3 is 10.1 Å². The summed E-state index contributed by atoms with van der Waals surface area (Å²) in [7, 11) is -3.71. The van der Waals surface area contributed by atoms with Crippen LogP contribution in [0.2, 0.25) is 5.02 Å². The van der Waals surface area contributed by atoms with Gasteiger partial charge in [0.2, 0.25) is 15.9 Å². The Balaban J connectivity index is 2.26. The van der Waals surface area contributed by atoms with E-state index in [9.17, 15) is 13.2 Å². The largest absolute Gasteiger partial charge is 0.491 e. The molecule has 2 aromatic carbocycles. The Morgan fingerprint density at radius 2 is 1.82 bits per heavy atom. The Hall–Kier alpha value is -2.25.